The number of rotatable bonds is 3. The molecule has 2 N–H and O–H groups in total. The molecular weight excluding hydrogens is 251 g/mol. The summed E-state index contributed by atoms with van der Waals surface area (Å²) in [5.41, 5.74) is 0.339. The number of carboxylic acid groups (broad SMARTS) is 1. The van der Waals surface area contributed by atoms with Crippen LogP contribution in [-0.2, 0) is 0 Å². The third-order valence-electron chi connectivity index (χ3n) is 2.33. The van der Waals surface area contributed by atoms with Gasteiger partial charge >= 0.3 is 5.97 Å². The van der Waals surface area contributed by atoms with Crippen molar-refractivity contribution in [3.8, 4) is 0 Å². The Bertz CT molecular complexity index is 626. The van der Waals surface area contributed by atoms with Crippen molar-refractivity contribution >= 4 is 17.6 Å². The van der Waals surface area contributed by atoms with Gasteiger partial charge in [0.2, 0.25) is 0 Å². The predicted octanol–water partition coefficient (Wildman–Crippen LogP) is 2.17. The van der Waals surface area contributed by atoms with Crippen LogP contribution < -0.4 is 5.32 Å². The number of carbonyl (C=O) groups is 2. The maximum Gasteiger partial charge on any atom is 0.337 e. The number of anilines is 1. The largest absolute Gasteiger partial charge is 0.478 e. The third-order valence-corrected chi connectivity index (χ3v) is 2.33. The molecule has 96 valence electrons. The third kappa shape index (κ3) is 3.12. The summed E-state index contributed by atoms with van der Waals surface area (Å²) in [4.78, 5) is 26.1. The van der Waals surface area contributed by atoms with Crippen molar-refractivity contribution in [2.45, 2.75) is 0 Å². The molecule has 0 aliphatic carbocycles. The summed E-state index contributed by atoms with van der Waals surface area (Å²) in [6.07, 6.45) is 1.09. The first-order valence-corrected chi connectivity index (χ1v) is 5.32. The predicted molar refractivity (Wildman–Crippen MR) is 65.5 cm³/mol. The van der Waals surface area contributed by atoms with E-state index < -0.39 is 17.7 Å². The lowest BCUT2D eigenvalue weighted by Crippen LogP contribution is -2.14. The molecule has 0 saturated carbocycles. The summed E-state index contributed by atoms with van der Waals surface area (Å²) in [6.45, 7) is 0. The molecule has 0 bridgehead atoms. The first kappa shape index (κ1) is 12.7. The molecule has 0 radical (unpaired) electrons. The van der Waals surface area contributed by atoms with E-state index in [1.54, 1.807) is 0 Å². The van der Waals surface area contributed by atoms with E-state index in [1.807, 2.05) is 0 Å². The van der Waals surface area contributed by atoms with E-state index in [0.29, 0.717) is 5.69 Å². The van der Waals surface area contributed by atoms with Gasteiger partial charge in [-0.25, -0.2) is 9.18 Å². The topological polar surface area (TPSA) is 79.3 Å². The van der Waals surface area contributed by atoms with Gasteiger partial charge in [0, 0.05) is 11.9 Å². The lowest BCUT2D eigenvalue weighted by molar-refractivity contribution is 0.0696. The second-order valence-electron chi connectivity index (χ2n) is 3.70. The van der Waals surface area contributed by atoms with Crippen molar-refractivity contribution in [3.63, 3.8) is 0 Å². The van der Waals surface area contributed by atoms with Crippen LogP contribution in [0.15, 0.2) is 42.6 Å². The molecule has 1 amide bonds. The highest BCUT2D eigenvalue weighted by Crippen LogP contribution is 2.10. The van der Waals surface area contributed by atoms with E-state index in [-0.39, 0.29) is 11.3 Å². The monoisotopic (exact) mass is 260 g/mol. The molecule has 0 aliphatic rings. The van der Waals surface area contributed by atoms with Crippen LogP contribution in [0.1, 0.15) is 20.8 Å². The number of aromatic nitrogens is 1. The number of benzene rings is 1. The van der Waals surface area contributed by atoms with Crippen LogP contribution >= 0.6 is 0 Å². The van der Waals surface area contributed by atoms with Gasteiger partial charge in [-0.05, 0) is 30.3 Å². The van der Waals surface area contributed by atoms with Crippen LogP contribution in [0.2, 0.25) is 0 Å². The molecule has 1 heterocycles. The van der Waals surface area contributed by atoms with Crippen molar-refractivity contribution < 1.29 is 19.1 Å². The Labute approximate surface area is 107 Å². The van der Waals surface area contributed by atoms with E-state index in [2.05, 4.69) is 10.3 Å². The minimum Gasteiger partial charge on any atom is -0.478 e. The average Bonchev–Trinajstić information content (AvgIpc) is 2.39. The molecule has 0 spiro atoms. The number of pyridine rings is 1. The van der Waals surface area contributed by atoms with Gasteiger partial charge in [-0.15, -0.1) is 0 Å². The highest BCUT2D eigenvalue weighted by Gasteiger charge is 2.09. The first-order valence-electron chi connectivity index (χ1n) is 5.32. The number of nitrogens with zero attached hydrogens (tertiary/aromatic N) is 1. The zero-order valence-electron chi connectivity index (χ0n) is 9.63. The quantitative estimate of drug-likeness (QED) is 0.886. The number of aromatic carboxylic acids is 1. The Kier molecular flexibility index (Phi) is 3.51. The van der Waals surface area contributed by atoms with Gasteiger partial charge < -0.3 is 10.4 Å². The number of carbonyl (C=O) groups excluding carboxylic acids is 1. The smallest absolute Gasteiger partial charge is 0.337 e. The van der Waals surface area contributed by atoms with Crippen LogP contribution in [-0.4, -0.2) is 22.0 Å². The molecular formula is C13H9FN2O3. The van der Waals surface area contributed by atoms with E-state index >= 15 is 0 Å². The van der Waals surface area contributed by atoms with Gasteiger partial charge in [-0.1, -0.05) is 6.07 Å². The van der Waals surface area contributed by atoms with Gasteiger partial charge in [0.15, 0.2) is 0 Å². The molecule has 0 aliphatic heterocycles. The number of halogens is 1. The molecule has 0 atom stereocenters. The highest BCUT2D eigenvalue weighted by molar-refractivity contribution is 6.03. The first-order chi connectivity index (χ1) is 9.06. The van der Waals surface area contributed by atoms with E-state index in [0.717, 1.165) is 6.20 Å². The fourth-order valence-electron chi connectivity index (χ4n) is 1.42. The van der Waals surface area contributed by atoms with E-state index in [9.17, 15) is 14.0 Å². The van der Waals surface area contributed by atoms with Crippen LogP contribution in [0.25, 0.3) is 0 Å². The second kappa shape index (κ2) is 5.26. The zero-order valence-corrected chi connectivity index (χ0v) is 9.63. The molecule has 2 rings (SSSR count). The molecule has 0 saturated heterocycles. The fraction of sp³-hybridized carbons (Fsp3) is 0. The maximum atomic E-state index is 12.9. The van der Waals surface area contributed by atoms with Crippen LogP contribution in [0, 0.1) is 5.82 Å². The Morgan fingerprint density at radius 1 is 1.21 bits per heavy atom. The molecule has 0 unspecified atom stereocenters. The standard InChI is InChI=1S/C13H9FN2O3/c14-9-2-1-3-10(6-9)16-12(17)11-5-4-8(7-15-11)13(18)19/h1-7H,(H,16,17)(H,18,19). The summed E-state index contributed by atoms with van der Waals surface area (Å²) in [7, 11) is 0. The van der Waals surface area contributed by atoms with Crippen molar-refractivity contribution in [2.75, 3.05) is 5.32 Å². The number of nitrogens with one attached hydrogen (secondary N) is 1. The molecule has 5 nitrogen and oxygen atoms in total. The molecule has 19 heavy (non-hydrogen) atoms. The van der Waals surface area contributed by atoms with Gasteiger partial charge in [0.1, 0.15) is 11.5 Å². The van der Waals surface area contributed by atoms with Gasteiger partial charge in [0.05, 0.1) is 5.56 Å². The van der Waals surface area contributed by atoms with Crippen molar-refractivity contribution in [1.29, 1.82) is 0 Å². The lowest BCUT2D eigenvalue weighted by Gasteiger charge is -2.04. The second-order valence-corrected chi connectivity index (χ2v) is 3.70. The summed E-state index contributed by atoms with van der Waals surface area (Å²) in [6, 6.07) is 7.99. The fourth-order valence-corrected chi connectivity index (χ4v) is 1.42. The number of carboxylic acids is 1. The molecule has 2 aromatic rings. The van der Waals surface area contributed by atoms with Gasteiger partial charge in [-0.2, -0.15) is 0 Å². The number of hydrogen-bond acceptors (Lipinski definition) is 3. The van der Waals surface area contributed by atoms with Gasteiger partial charge in [-0.3, -0.25) is 9.78 Å². The number of amides is 1. The highest BCUT2D eigenvalue weighted by atomic mass is 19.1. The summed E-state index contributed by atoms with van der Waals surface area (Å²) in [5, 5.41) is 11.2. The Morgan fingerprint density at radius 3 is 2.58 bits per heavy atom. The number of hydrogen-bond donors (Lipinski definition) is 2. The SMILES string of the molecule is O=C(O)c1ccc(C(=O)Nc2cccc(F)c2)nc1. The van der Waals surface area contributed by atoms with Crippen LogP contribution in [0.5, 0.6) is 0 Å². The van der Waals surface area contributed by atoms with E-state index in [1.165, 1.54) is 36.4 Å². The molecule has 6 heteroatoms. The van der Waals surface area contributed by atoms with Crippen LogP contribution in [0.3, 0.4) is 0 Å². The minimum atomic E-state index is -1.12. The Hall–Kier alpha value is -2.76. The summed E-state index contributed by atoms with van der Waals surface area (Å²) in [5.74, 6) is -2.13. The van der Waals surface area contributed by atoms with Crippen molar-refractivity contribution in [3.05, 3.63) is 59.7 Å². The van der Waals surface area contributed by atoms with Gasteiger partial charge in [0.25, 0.3) is 5.91 Å². The average molecular weight is 260 g/mol. The summed E-state index contributed by atoms with van der Waals surface area (Å²) < 4.78 is 12.9. The van der Waals surface area contributed by atoms with Crippen molar-refractivity contribution in [2.24, 2.45) is 0 Å². The molecule has 0 fully saturated rings. The minimum absolute atomic E-state index is 0.0118. The van der Waals surface area contributed by atoms with Crippen LogP contribution in [0.4, 0.5) is 10.1 Å². The molecule has 1 aromatic heterocycles. The zero-order chi connectivity index (χ0) is 13.8. The maximum absolute atomic E-state index is 12.9. The lowest BCUT2D eigenvalue weighted by atomic mass is 10.2. The summed E-state index contributed by atoms with van der Waals surface area (Å²) >= 11 is 0. The van der Waals surface area contributed by atoms with E-state index in [4.69, 9.17) is 5.11 Å². The van der Waals surface area contributed by atoms with Crippen molar-refractivity contribution in [1.82, 2.24) is 4.98 Å². The normalized spacial score (nSPS) is 9.95. The molecule has 1 aromatic carbocycles. The Balaban J connectivity index is 2.14. The Morgan fingerprint density at radius 2 is 2.00 bits per heavy atom.